The Morgan fingerprint density at radius 2 is 1.84 bits per heavy atom. The lowest BCUT2D eigenvalue weighted by molar-refractivity contribution is -0.0110. The summed E-state index contributed by atoms with van der Waals surface area (Å²) in [5.74, 6) is 2.57. The second-order valence-corrected chi connectivity index (χ2v) is 9.87. The number of nitrogens with zero attached hydrogens (tertiary/aromatic N) is 3. The Bertz CT molecular complexity index is 852. The SMILES string of the molecule is S=C(NCc1ccco1)NC[C@H]1C[C@@H]2CCN1C[C@H]2CN1CCN(c2ccccc2)CC1. The van der Waals surface area contributed by atoms with Crippen LogP contribution in [-0.4, -0.2) is 73.3 Å². The molecule has 1 aromatic carbocycles. The quantitative estimate of drug-likeness (QED) is 0.625. The topological polar surface area (TPSA) is 46.9 Å². The molecular formula is C25H35N5OS. The van der Waals surface area contributed by atoms with Gasteiger partial charge in [-0.2, -0.15) is 0 Å². The van der Waals surface area contributed by atoms with Gasteiger partial charge in [0.05, 0.1) is 12.8 Å². The van der Waals surface area contributed by atoms with Gasteiger partial charge < -0.3 is 20.0 Å². The van der Waals surface area contributed by atoms with E-state index in [1.54, 1.807) is 6.26 Å². The van der Waals surface area contributed by atoms with Gasteiger partial charge in [0.25, 0.3) is 0 Å². The molecule has 0 saturated carbocycles. The van der Waals surface area contributed by atoms with Gasteiger partial charge in [0.1, 0.15) is 5.76 Å². The fourth-order valence-corrected chi connectivity index (χ4v) is 5.84. The highest BCUT2D eigenvalue weighted by molar-refractivity contribution is 7.80. The van der Waals surface area contributed by atoms with Crippen molar-refractivity contribution in [1.82, 2.24) is 20.4 Å². The van der Waals surface area contributed by atoms with Gasteiger partial charge >= 0.3 is 0 Å². The number of benzene rings is 1. The van der Waals surface area contributed by atoms with Crippen molar-refractivity contribution in [2.24, 2.45) is 11.8 Å². The molecule has 0 aliphatic carbocycles. The minimum atomic E-state index is 0.600. The Balaban J connectivity index is 1.04. The minimum absolute atomic E-state index is 0.600. The number of para-hydroxylation sites is 1. The number of rotatable bonds is 7. The van der Waals surface area contributed by atoms with Crippen molar-refractivity contribution >= 4 is 23.0 Å². The molecule has 172 valence electrons. The average molecular weight is 454 g/mol. The van der Waals surface area contributed by atoms with Crippen molar-refractivity contribution in [3.05, 3.63) is 54.5 Å². The van der Waals surface area contributed by atoms with Crippen molar-refractivity contribution in [1.29, 1.82) is 0 Å². The number of furan rings is 1. The van der Waals surface area contributed by atoms with Crippen LogP contribution in [0.15, 0.2) is 53.1 Å². The largest absolute Gasteiger partial charge is 0.467 e. The van der Waals surface area contributed by atoms with E-state index in [1.807, 2.05) is 12.1 Å². The summed E-state index contributed by atoms with van der Waals surface area (Å²) in [5.41, 5.74) is 1.36. The zero-order valence-corrected chi connectivity index (χ0v) is 19.6. The van der Waals surface area contributed by atoms with Crippen LogP contribution in [0.3, 0.4) is 0 Å². The van der Waals surface area contributed by atoms with E-state index >= 15 is 0 Å². The summed E-state index contributed by atoms with van der Waals surface area (Å²) in [4.78, 5) is 7.93. The summed E-state index contributed by atoms with van der Waals surface area (Å²) in [6.07, 6.45) is 4.34. The van der Waals surface area contributed by atoms with Crippen molar-refractivity contribution < 1.29 is 4.42 Å². The normalized spacial score (nSPS) is 27.9. The van der Waals surface area contributed by atoms with Gasteiger partial charge in [-0.25, -0.2) is 0 Å². The predicted octanol–water partition coefficient (Wildman–Crippen LogP) is 2.78. The highest BCUT2D eigenvalue weighted by Crippen LogP contribution is 2.36. The number of anilines is 1. The van der Waals surface area contributed by atoms with Gasteiger partial charge in [0.2, 0.25) is 0 Å². The molecule has 6 rings (SSSR count). The molecule has 0 radical (unpaired) electrons. The monoisotopic (exact) mass is 453 g/mol. The summed E-state index contributed by atoms with van der Waals surface area (Å²) >= 11 is 5.46. The molecule has 1 aromatic heterocycles. The Morgan fingerprint density at radius 3 is 2.56 bits per heavy atom. The third kappa shape index (κ3) is 5.27. The summed E-state index contributed by atoms with van der Waals surface area (Å²) in [6.45, 7) is 9.94. The van der Waals surface area contributed by atoms with Gasteiger partial charge in [-0.15, -0.1) is 0 Å². The first kappa shape index (κ1) is 21.7. The van der Waals surface area contributed by atoms with Crippen LogP contribution in [0.25, 0.3) is 0 Å². The number of piperazine rings is 1. The van der Waals surface area contributed by atoms with Crippen LogP contribution in [0.5, 0.6) is 0 Å². The molecule has 2 bridgehead atoms. The summed E-state index contributed by atoms with van der Waals surface area (Å²) in [7, 11) is 0. The lowest BCUT2D eigenvalue weighted by Crippen LogP contribution is -2.59. The number of hydrogen-bond donors (Lipinski definition) is 2. The molecule has 4 fully saturated rings. The molecular weight excluding hydrogens is 418 g/mol. The van der Waals surface area contributed by atoms with E-state index in [0.717, 1.165) is 42.3 Å². The Labute approximate surface area is 196 Å². The van der Waals surface area contributed by atoms with E-state index in [4.69, 9.17) is 16.6 Å². The number of fused-ring (bicyclic) bond motifs is 3. The minimum Gasteiger partial charge on any atom is -0.467 e. The first-order valence-corrected chi connectivity index (χ1v) is 12.5. The molecule has 2 aromatic rings. The van der Waals surface area contributed by atoms with E-state index in [-0.39, 0.29) is 0 Å². The van der Waals surface area contributed by atoms with E-state index in [9.17, 15) is 0 Å². The molecule has 4 atom stereocenters. The van der Waals surface area contributed by atoms with Gasteiger partial charge in [-0.3, -0.25) is 9.80 Å². The van der Waals surface area contributed by atoms with Crippen LogP contribution in [-0.2, 0) is 6.54 Å². The smallest absolute Gasteiger partial charge is 0.166 e. The van der Waals surface area contributed by atoms with Crippen LogP contribution >= 0.6 is 12.2 Å². The molecule has 4 aliphatic rings. The molecule has 0 spiro atoms. The fraction of sp³-hybridized carbons (Fsp3) is 0.560. The zero-order valence-electron chi connectivity index (χ0n) is 18.8. The Morgan fingerprint density at radius 1 is 1.00 bits per heavy atom. The van der Waals surface area contributed by atoms with E-state index in [0.29, 0.717) is 12.6 Å². The van der Waals surface area contributed by atoms with Crippen LogP contribution in [0.1, 0.15) is 18.6 Å². The number of thiocarbonyl (C=S) groups is 1. The molecule has 5 heterocycles. The highest BCUT2D eigenvalue weighted by atomic mass is 32.1. The number of nitrogens with one attached hydrogen (secondary N) is 2. The predicted molar refractivity (Wildman–Crippen MR) is 133 cm³/mol. The van der Waals surface area contributed by atoms with Crippen molar-refractivity contribution in [2.75, 3.05) is 57.3 Å². The third-order valence-electron chi connectivity index (χ3n) is 7.50. The molecule has 4 saturated heterocycles. The van der Waals surface area contributed by atoms with Crippen molar-refractivity contribution in [3.8, 4) is 0 Å². The Hall–Kier alpha value is -2.09. The third-order valence-corrected chi connectivity index (χ3v) is 7.79. The maximum atomic E-state index is 5.46. The van der Waals surface area contributed by atoms with Gasteiger partial charge in [-0.05, 0) is 67.7 Å². The summed E-state index contributed by atoms with van der Waals surface area (Å²) in [5, 5.41) is 7.40. The van der Waals surface area contributed by atoms with E-state index < -0.39 is 0 Å². The highest BCUT2D eigenvalue weighted by Gasteiger charge is 2.40. The van der Waals surface area contributed by atoms with Crippen molar-refractivity contribution in [2.45, 2.75) is 25.4 Å². The fourth-order valence-electron chi connectivity index (χ4n) is 5.68. The molecule has 32 heavy (non-hydrogen) atoms. The standard InChI is InChI=1S/C25H35N5OS/c32-25(27-17-24-7-4-14-31-24)26-16-23-15-20-8-9-30(23)19-21(20)18-28-10-12-29(13-11-28)22-5-2-1-3-6-22/h1-7,14,20-21,23H,8-13,15-19H2,(H2,26,27,32)/t20-,21+,23+/m0/s1. The maximum absolute atomic E-state index is 5.46. The molecule has 1 unspecified atom stereocenters. The van der Waals surface area contributed by atoms with Crippen LogP contribution in [0.4, 0.5) is 5.69 Å². The van der Waals surface area contributed by atoms with Gasteiger partial charge in [0, 0.05) is 57.5 Å². The molecule has 7 heteroatoms. The number of hydrogen-bond acceptors (Lipinski definition) is 5. The first-order chi connectivity index (χ1) is 15.7. The van der Waals surface area contributed by atoms with Crippen LogP contribution in [0, 0.1) is 11.8 Å². The van der Waals surface area contributed by atoms with Crippen molar-refractivity contribution in [3.63, 3.8) is 0 Å². The number of piperidine rings is 3. The van der Waals surface area contributed by atoms with Gasteiger partial charge in [-0.1, -0.05) is 18.2 Å². The van der Waals surface area contributed by atoms with Crippen LogP contribution < -0.4 is 15.5 Å². The molecule has 6 nitrogen and oxygen atoms in total. The van der Waals surface area contributed by atoms with E-state index in [2.05, 4.69) is 55.7 Å². The second-order valence-electron chi connectivity index (χ2n) is 9.46. The van der Waals surface area contributed by atoms with Crippen LogP contribution in [0.2, 0.25) is 0 Å². The summed E-state index contributed by atoms with van der Waals surface area (Å²) in [6, 6.07) is 15.3. The Kier molecular flexibility index (Phi) is 6.95. The average Bonchev–Trinajstić information content (AvgIpc) is 3.37. The molecule has 4 aliphatic heterocycles. The van der Waals surface area contributed by atoms with E-state index in [1.165, 1.54) is 51.3 Å². The summed E-state index contributed by atoms with van der Waals surface area (Å²) < 4.78 is 5.36. The maximum Gasteiger partial charge on any atom is 0.166 e. The molecule has 2 N–H and O–H groups in total. The lowest BCUT2D eigenvalue weighted by Gasteiger charge is -2.51. The first-order valence-electron chi connectivity index (χ1n) is 12.0. The lowest BCUT2D eigenvalue weighted by atomic mass is 9.75. The molecule has 0 amide bonds. The van der Waals surface area contributed by atoms with Gasteiger partial charge in [0.15, 0.2) is 5.11 Å². The zero-order chi connectivity index (χ0) is 21.8. The second kappa shape index (κ2) is 10.2.